The van der Waals surface area contributed by atoms with E-state index in [9.17, 15) is 22.0 Å². The van der Waals surface area contributed by atoms with Crippen molar-refractivity contribution in [1.82, 2.24) is 9.88 Å². The molecule has 3 rings (SSSR count). The lowest BCUT2D eigenvalue weighted by atomic mass is 10.1. The number of aromatic nitrogens is 1. The van der Waals surface area contributed by atoms with Crippen molar-refractivity contribution in [1.29, 1.82) is 0 Å². The maximum atomic E-state index is 12.5. The fourth-order valence-electron chi connectivity index (χ4n) is 3.13. The zero-order valence-electron chi connectivity index (χ0n) is 13.9. The number of rotatable bonds is 6. The number of carbonyl (C=O) groups is 1. The van der Waals surface area contributed by atoms with E-state index in [1.54, 1.807) is 0 Å². The molecular weight excluding hydrogens is 364 g/mol. The van der Waals surface area contributed by atoms with Gasteiger partial charge in [0.2, 0.25) is 15.7 Å². The van der Waals surface area contributed by atoms with Crippen LogP contribution in [0.1, 0.15) is 24.6 Å². The molecule has 2 heterocycles. The summed E-state index contributed by atoms with van der Waals surface area (Å²) >= 11 is 0. The lowest BCUT2D eigenvalue weighted by Crippen LogP contribution is -2.33. The Morgan fingerprint density at radius 3 is 2.62 bits per heavy atom. The predicted molar refractivity (Wildman–Crippen MR) is 92.6 cm³/mol. The molecule has 9 heteroatoms. The van der Waals surface area contributed by atoms with Gasteiger partial charge in [-0.3, -0.25) is 9.69 Å². The van der Waals surface area contributed by atoms with E-state index in [0.717, 1.165) is 37.2 Å². The van der Waals surface area contributed by atoms with Gasteiger partial charge in [0.1, 0.15) is 0 Å². The largest absolute Gasteiger partial charge is 0.364 e. The van der Waals surface area contributed by atoms with Crippen molar-refractivity contribution in [2.45, 2.75) is 29.5 Å². The average Bonchev–Trinajstić information content (AvgIpc) is 3.26. The molecule has 1 saturated heterocycles. The maximum Gasteiger partial charge on any atom is 0.341 e. The molecule has 6 nitrogen and oxygen atoms in total. The Kier molecular flexibility index (Phi) is 5.38. The number of carbonyl (C=O) groups excluding carboxylic acids is 1. The summed E-state index contributed by atoms with van der Waals surface area (Å²) in [6.07, 6.45) is 3.81. The number of sulfone groups is 1. The van der Waals surface area contributed by atoms with Crippen LogP contribution in [0.3, 0.4) is 0 Å². The van der Waals surface area contributed by atoms with Crippen molar-refractivity contribution < 1.29 is 22.0 Å². The second-order valence-electron chi connectivity index (χ2n) is 6.13. The van der Waals surface area contributed by atoms with Crippen molar-refractivity contribution in [3.05, 3.63) is 48.3 Å². The molecular formula is C17H19F2N3O3S. The van der Waals surface area contributed by atoms with E-state index in [-0.39, 0.29) is 18.5 Å². The van der Waals surface area contributed by atoms with Gasteiger partial charge in [-0.1, -0.05) is 0 Å². The van der Waals surface area contributed by atoms with Gasteiger partial charge < -0.3 is 10.3 Å². The van der Waals surface area contributed by atoms with E-state index in [1.165, 1.54) is 12.1 Å². The van der Waals surface area contributed by atoms with E-state index < -0.39 is 20.5 Å². The molecule has 1 aromatic heterocycles. The first-order valence-electron chi connectivity index (χ1n) is 8.17. The maximum absolute atomic E-state index is 12.5. The number of anilines is 1. The van der Waals surface area contributed by atoms with Crippen LogP contribution in [0.25, 0.3) is 0 Å². The first-order chi connectivity index (χ1) is 12.4. The summed E-state index contributed by atoms with van der Waals surface area (Å²) in [4.78, 5) is 17.0. The molecule has 1 aliphatic heterocycles. The summed E-state index contributed by atoms with van der Waals surface area (Å²) in [5, 5.41) is 2.67. The molecule has 1 fully saturated rings. The normalized spacial score (nSPS) is 18.3. The Hall–Kier alpha value is -2.26. The number of H-pyrrole nitrogens is 1. The summed E-state index contributed by atoms with van der Waals surface area (Å²) in [6, 6.07) is 8.81. The third kappa shape index (κ3) is 3.94. The van der Waals surface area contributed by atoms with Gasteiger partial charge in [0, 0.05) is 17.6 Å². The smallest absolute Gasteiger partial charge is 0.341 e. The van der Waals surface area contributed by atoms with Crippen LogP contribution in [0.5, 0.6) is 0 Å². The van der Waals surface area contributed by atoms with Crippen LogP contribution >= 0.6 is 0 Å². The zero-order chi connectivity index (χ0) is 18.7. The summed E-state index contributed by atoms with van der Waals surface area (Å²) < 4.78 is 47.8. The molecule has 0 aliphatic carbocycles. The minimum absolute atomic E-state index is 0.161. The van der Waals surface area contributed by atoms with Crippen LogP contribution in [0.2, 0.25) is 0 Å². The third-order valence-corrected chi connectivity index (χ3v) is 5.79. The highest BCUT2D eigenvalue weighted by atomic mass is 32.2. The monoisotopic (exact) mass is 383 g/mol. The van der Waals surface area contributed by atoms with Crippen molar-refractivity contribution in [3.8, 4) is 0 Å². The van der Waals surface area contributed by atoms with Crippen LogP contribution < -0.4 is 5.32 Å². The number of benzene rings is 1. The van der Waals surface area contributed by atoms with Gasteiger partial charge in [0.05, 0.1) is 17.5 Å². The predicted octanol–water partition coefficient (Wildman–Crippen LogP) is 2.79. The topological polar surface area (TPSA) is 82.3 Å². The zero-order valence-corrected chi connectivity index (χ0v) is 14.7. The SMILES string of the molecule is O=C(CN1CCCC1c1ccc[nH]1)Nc1ccc(S(=O)(=O)C(F)F)cc1. The van der Waals surface area contributed by atoms with Crippen LogP contribution in [0.15, 0.2) is 47.5 Å². The van der Waals surface area contributed by atoms with Crippen LogP contribution in [-0.2, 0) is 14.6 Å². The van der Waals surface area contributed by atoms with Crippen LogP contribution in [0, 0.1) is 0 Å². The second kappa shape index (κ2) is 7.55. The number of nitrogens with one attached hydrogen (secondary N) is 2. The fourth-order valence-corrected chi connectivity index (χ4v) is 3.86. The summed E-state index contributed by atoms with van der Waals surface area (Å²) in [5.41, 5.74) is 1.43. The lowest BCUT2D eigenvalue weighted by molar-refractivity contribution is -0.117. The molecule has 1 unspecified atom stereocenters. The average molecular weight is 383 g/mol. The molecule has 140 valence electrons. The number of aromatic amines is 1. The molecule has 0 bridgehead atoms. The van der Waals surface area contributed by atoms with E-state index in [4.69, 9.17) is 0 Å². The van der Waals surface area contributed by atoms with Gasteiger partial charge >= 0.3 is 5.76 Å². The highest BCUT2D eigenvalue weighted by Crippen LogP contribution is 2.30. The van der Waals surface area contributed by atoms with Crippen LogP contribution in [-0.4, -0.2) is 43.1 Å². The number of hydrogen-bond donors (Lipinski definition) is 2. The standard InChI is InChI=1S/C17H19F2N3O3S/c18-17(19)26(24,25)13-7-5-12(6-8-13)21-16(23)11-22-10-2-4-15(22)14-3-1-9-20-14/h1,3,5-9,15,17,20H,2,4,10-11H2,(H,21,23). The molecule has 2 N–H and O–H groups in total. The molecule has 1 aromatic carbocycles. The van der Waals surface area contributed by atoms with E-state index in [2.05, 4.69) is 15.2 Å². The van der Waals surface area contributed by atoms with Gasteiger partial charge in [0.25, 0.3) is 0 Å². The van der Waals surface area contributed by atoms with E-state index in [0.29, 0.717) is 5.69 Å². The fraction of sp³-hybridized carbons (Fsp3) is 0.353. The molecule has 1 aliphatic rings. The van der Waals surface area contributed by atoms with E-state index >= 15 is 0 Å². The van der Waals surface area contributed by atoms with E-state index in [1.807, 2.05) is 18.3 Å². The summed E-state index contributed by atoms with van der Waals surface area (Å²) in [7, 11) is -4.63. The Bertz CT molecular complexity index is 852. The Morgan fingerprint density at radius 2 is 2.00 bits per heavy atom. The number of amides is 1. The number of halogens is 2. The molecule has 26 heavy (non-hydrogen) atoms. The minimum atomic E-state index is -4.63. The van der Waals surface area contributed by atoms with Crippen molar-refractivity contribution >= 4 is 21.4 Å². The Morgan fingerprint density at radius 1 is 1.27 bits per heavy atom. The van der Waals surface area contributed by atoms with Crippen LogP contribution in [0.4, 0.5) is 14.5 Å². The van der Waals surface area contributed by atoms with Gasteiger partial charge in [-0.15, -0.1) is 0 Å². The molecule has 0 saturated carbocycles. The molecule has 1 atom stereocenters. The molecule has 0 radical (unpaired) electrons. The minimum Gasteiger partial charge on any atom is -0.364 e. The quantitative estimate of drug-likeness (QED) is 0.804. The van der Waals surface area contributed by atoms with Gasteiger partial charge in [-0.2, -0.15) is 8.78 Å². The third-order valence-electron chi connectivity index (χ3n) is 4.39. The number of nitrogens with zero attached hydrogens (tertiary/aromatic N) is 1. The first-order valence-corrected chi connectivity index (χ1v) is 9.72. The number of likely N-dealkylation sites (tertiary alicyclic amines) is 1. The summed E-state index contributed by atoms with van der Waals surface area (Å²) in [5.74, 6) is -3.71. The van der Waals surface area contributed by atoms with Gasteiger partial charge in [-0.25, -0.2) is 8.42 Å². The highest BCUT2D eigenvalue weighted by molar-refractivity contribution is 7.91. The lowest BCUT2D eigenvalue weighted by Gasteiger charge is -2.23. The Balaban J connectivity index is 1.62. The molecule has 1 amide bonds. The van der Waals surface area contributed by atoms with Crippen molar-refractivity contribution in [2.75, 3.05) is 18.4 Å². The second-order valence-corrected chi connectivity index (χ2v) is 8.05. The number of alkyl halides is 2. The molecule has 0 spiro atoms. The molecule has 2 aromatic rings. The highest BCUT2D eigenvalue weighted by Gasteiger charge is 2.28. The van der Waals surface area contributed by atoms with Crippen molar-refractivity contribution in [2.24, 2.45) is 0 Å². The Labute approximate surface area is 150 Å². The van der Waals surface area contributed by atoms with Crippen molar-refractivity contribution in [3.63, 3.8) is 0 Å². The van der Waals surface area contributed by atoms with Gasteiger partial charge in [0.15, 0.2) is 0 Å². The number of hydrogen-bond acceptors (Lipinski definition) is 4. The van der Waals surface area contributed by atoms with Gasteiger partial charge in [-0.05, 0) is 55.8 Å². The summed E-state index contributed by atoms with van der Waals surface area (Å²) in [6.45, 7) is 1.00. The first kappa shape index (κ1) is 18.5.